The third-order valence-electron chi connectivity index (χ3n) is 3.27. The van der Waals surface area contributed by atoms with Gasteiger partial charge >= 0.3 is 5.97 Å². The summed E-state index contributed by atoms with van der Waals surface area (Å²) in [7, 11) is 0. The first-order valence-corrected chi connectivity index (χ1v) is 7.30. The molecule has 0 radical (unpaired) electrons. The molecule has 0 bridgehead atoms. The zero-order valence-corrected chi connectivity index (χ0v) is 12.9. The molecule has 3 rings (SSSR count). The molecular formula is C17H13FN4O3. The number of hydrogen-bond acceptors (Lipinski definition) is 5. The molecule has 0 unspecified atom stereocenters. The van der Waals surface area contributed by atoms with E-state index in [9.17, 15) is 14.0 Å². The first-order valence-electron chi connectivity index (χ1n) is 7.30. The second-order valence-electron chi connectivity index (χ2n) is 4.99. The van der Waals surface area contributed by atoms with Gasteiger partial charge in [-0.05, 0) is 36.4 Å². The van der Waals surface area contributed by atoms with E-state index in [1.54, 1.807) is 30.3 Å². The Morgan fingerprint density at radius 2 is 1.88 bits per heavy atom. The zero-order chi connectivity index (χ0) is 17.6. The number of esters is 1. The van der Waals surface area contributed by atoms with E-state index in [4.69, 9.17) is 4.74 Å². The smallest absolute Gasteiger partial charge is 0.338 e. The van der Waals surface area contributed by atoms with Gasteiger partial charge in [0.15, 0.2) is 6.61 Å². The van der Waals surface area contributed by atoms with Gasteiger partial charge in [-0.1, -0.05) is 12.1 Å². The van der Waals surface area contributed by atoms with Gasteiger partial charge in [0.05, 0.1) is 16.9 Å². The molecule has 126 valence electrons. The van der Waals surface area contributed by atoms with Crippen LogP contribution < -0.4 is 5.32 Å². The Labute approximate surface area is 142 Å². The molecule has 8 heteroatoms. The lowest BCUT2D eigenvalue weighted by atomic mass is 10.2. The van der Waals surface area contributed by atoms with E-state index >= 15 is 0 Å². The zero-order valence-electron chi connectivity index (χ0n) is 12.9. The summed E-state index contributed by atoms with van der Waals surface area (Å²) in [6, 6.07) is 12.2. The molecule has 1 N–H and O–H groups in total. The molecule has 0 saturated carbocycles. The average Bonchev–Trinajstić information content (AvgIpc) is 3.16. The highest BCUT2D eigenvalue weighted by Crippen LogP contribution is 2.12. The standard InChI is InChI=1S/C17H13FN4O3/c18-14-3-1-2-4-15(14)21-16(23)9-25-17(24)12-5-7-13(8-6-12)22-11-19-10-20-22/h1-8,10-11H,9H2,(H,21,23). The summed E-state index contributed by atoms with van der Waals surface area (Å²) in [6.45, 7) is -0.516. The number of carbonyl (C=O) groups is 2. The summed E-state index contributed by atoms with van der Waals surface area (Å²) >= 11 is 0. The van der Waals surface area contributed by atoms with Gasteiger partial charge in [-0.3, -0.25) is 4.79 Å². The van der Waals surface area contributed by atoms with Crippen LogP contribution in [0.2, 0.25) is 0 Å². The number of rotatable bonds is 5. The van der Waals surface area contributed by atoms with Gasteiger partial charge in [0.1, 0.15) is 18.5 Å². The third kappa shape index (κ3) is 4.05. The summed E-state index contributed by atoms with van der Waals surface area (Å²) in [5, 5.41) is 6.31. The molecule has 7 nitrogen and oxygen atoms in total. The molecule has 2 aromatic carbocycles. The van der Waals surface area contributed by atoms with E-state index in [0.717, 1.165) is 5.69 Å². The summed E-state index contributed by atoms with van der Waals surface area (Å²) in [5.41, 5.74) is 1.04. The fourth-order valence-electron chi connectivity index (χ4n) is 2.06. The van der Waals surface area contributed by atoms with Crippen molar-refractivity contribution in [2.75, 3.05) is 11.9 Å². The van der Waals surface area contributed by atoms with Gasteiger partial charge in [0.2, 0.25) is 0 Å². The van der Waals surface area contributed by atoms with Crippen LogP contribution in [-0.2, 0) is 9.53 Å². The third-order valence-corrected chi connectivity index (χ3v) is 3.27. The van der Waals surface area contributed by atoms with Crippen molar-refractivity contribution < 1.29 is 18.7 Å². The number of hydrogen-bond donors (Lipinski definition) is 1. The molecule has 0 spiro atoms. The van der Waals surface area contributed by atoms with Crippen molar-refractivity contribution in [1.29, 1.82) is 0 Å². The molecular weight excluding hydrogens is 327 g/mol. The van der Waals surface area contributed by atoms with Gasteiger partial charge in [-0.2, -0.15) is 5.10 Å². The summed E-state index contributed by atoms with van der Waals surface area (Å²) < 4.78 is 19.9. The molecule has 25 heavy (non-hydrogen) atoms. The Morgan fingerprint density at radius 3 is 2.56 bits per heavy atom. The van der Waals surface area contributed by atoms with Crippen LogP contribution in [0.15, 0.2) is 61.2 Å². The van der Waals surface area contributed by atoms with Crippen LogP contribution in [0, 0.1) is 5.82 Å². The van der Waals surface area contributed by atoms with Gasteiger partial charge in [0.25, 0.3) is 5.91 Å². The minimum absolute atomic E-state index is 0.0285. The summed E-state index contributed by atoms with van der Waals surface area (Å²) in [5.74, 6) is -1.85. The number of ether oxygens (including phenoxy) is 1. The molecule has 0 aliphatic heterocycles. The maximum Gasteiger partial charge on any atom is 0.338 e. The van der Waals surface area contributed by atoms with E-state index in [1.807, 2.05) is 0 Å². The number of anilines is 1. The average molecular weight is 340 g/mol. The van der Waals surface area contributed by atoms with Crippen molar-refractivity contribution in [1.82, 2.24) is 14.8 Å². The monoisotopic (exact) mass is 340 g/mol. The Kier molecular flexibility index (Phi) is 4.79. The minimum Gasteiger partial charge on any atom is -0.452 e. The van der Waals surface area contributed by atoms with E-state index in [0.29, 0.717) is 0 Å². The second-order valence-corrected chi connectivity index (χ2v) is 4.99. The molecule has 1 heterocycles. The highest BCUT2D eigenvalue weighted by atomic mass is 19.1. The van der Waals surface area contributed by atoms with E-state index in [-0.39, 0.29) is 11.3 Å². The quantitative estimate of drug-likeness (QED) is 0.720. The number of amides is 1. The lowest BCUT2D eigenvalue weighted by Gasteiger charge is -2.07. The molecule has 1 aromatic heterocycles. The van der Waals surface area contributed by atoms with Gasteiger partial charge in [0, 0.05) is 0 Å². The van der Waals surface area contributed by atoms with Gasteiger partial charge < -0.3 is 10.1 Å². The predicted octanol–water partition coefficient (Wildman–Crippen LogP) is 2.20. The minimum atomic E-state index is -0.658. The molecule has 3 aromatic rings. The van der Waals surface area contributed by atoms with Crippen molar-refractivity contribution >= 4 is 17.6 Å². The van der Waals surface area contributed by atoms with Crippen molar-refractivity contribution in [3.05, 3.63) is 72.6 Å². The topological polar surface area (TPSA) is 86.1 Å². The number of nitrogens with zero attached hydrogens (tertiary/aromatic N) is 3. The molecule has 0 saturated heterocycles. The van der Waals surface area contributed by atoms with E-state index in [1.165, 1.54) is 35.5 Å². The maximum absolute atomic E-state index is 13.4. The highest BCUT2D eigenvalue weighted by Gasteiger charge is 2.12. The first kappa shape index (κ1) is 16.3. The largest absolute Gasteiger partial charge is 0.452 e. The SMILES string of the molecule is O=C(COC(=O)c1ccc(-n2cncn2)cc1)Nc1ccccc1F. The molecule has 1 amide bonds. The van der Waals surface area contributed by atoms with Crippen molar-refractivity contribution in [3.63, 3.8) is 0 Å². The lowest BCUT2D eigenvalue weighted by Crippen LogP contribution is -2.21. The fourth-order valence-corrected chi connectivity index (χ4v) is 2.06. The number of carbonyl (C=O) groups excluding carboxylic acids is 2. The van der Waals surface area contributed by atoms with Crippen LogP contribution in [0.25, 0.3) is 5.69 Å². The van der Waals surface area contributed by atoms with Gasteiger partial charge in [-0.25, -0.2) is 18.9 Å². The van der Waals surface area contributed by atoms with E-state index in [2.05, 4.69) is 15.4 Å². The van der Waals surface area contributed by atoms with Crippen LogP contribution in [0.3, 0.4) is 0 Å². The Balaban J connectivity index is 1.55. The first-order chi connectivity index (χ1) is 12.1. The molecule has 0 aliphatic rings. The van der Waals surface area contributed by atoms with Gasteiger partial charge in [-0.15, -0.1) is 0 Å². The van der Waals surface area contributed by atoms with E-state index < -0.39 is 24.3 Å². The van der Waals surface area contributed by atoms with Crippen LogP contribution >= 0.6 is 0 Å². The molecule has 0 atom stereocenters. The second kappa shape index (κ2) is 7.35. The maximum atomic E-state index is 13.4. The predicted molar refractivity (Wildman–Crippen MR) is 86.7 cm³/mol. The Morgan fingerprint density at radius 1 is 1.12 bits per heavy atom. The normalized spacial score (nSPS) is 10.3. The van der Waals surface area contributed by atoms with Crippen LogP contribution in [0.4, 0.5) is 10.1 Å². The van der Waals surface area contributed by atoms with Crippen LogP contribution in [0.1, 0.15) is 10.4 Å². The summed E-state index contributed by atoms with van der Waals surface area (Å²) in [6.07, 6.45) is 2.93. The number of aromatic nitrogens is 3. The summed E-state index contributed by atoms with van der Waals surface area (Å²) in [4.78, 5) is 27.5. The number of halogens is 1. The Hall–Kier alpha value is -3.55. The molecule has 0 aliphatic carbocycles. The lowest BCUT2D eigenvalue weighted by molar-refractivity contribution is -0.119. The number of benzene rings is 2. The number of para-hydroxylation sites is 1. The highest BCUT2D eigenvalue weighted by molar-refractivity contribution is 5.95. The van der Waals surface area contributed by atoms with Crippen LogP contribution in [0.5, 0.6) is 0 Å². The van der Waals surface area contributed by atoms with Crippen molar-refractivity contribution in [3.8, 4) is 5.69 Å². The number of nitrogens with one attached hydrogen (secondary N) is 1. The van der Waals surface area contributed by atoms with Crippen molar-refractivity contribution in [2.45, 2.75) is 0 Å². The molecule has 0 fully saturated rings. The fraction of sp³-hybridized carbons (Fsp3) is 0.0588. The van der Waals surface area contributed by atoms with Crippen LogP contribution in [-0.4, -0.2) is 33.2 Å². The van der Waals surface area contributed by atoms with Crippen molar-refractivity contribution in [2.24, 2.45) is 0 Å². The Bertz CT molecular complexity index is 879.